The number of benzene rings is 2. The molecule has 0 aliphatic carbocycles. The van der Waals surface area contributed by atoms with Crippen molar-refractivity contribution in [2.24, 2.45) is 11.7 Å². The fourth-order valence-electron chi connectivity index (χ4n) is 4.61. The molecular formula is C25H33Cl2N3O4. The molecule has 1 saturated heterocycles. The van der Waals surface area contributed by atoms with Crippen LogP contribution in [0.5, 0.6) is 17.2 Å². The number of piperidine rings is 1. The molecular weight excluding hydrogens is 477 g/mol. The summed E-state index contributed by atoms with van der Waals surface area (Å²) in [5.74, 6) is 1.88. The van der Waals surface area contributed by atoms with Crippen LogP contribution in [-0.2, 0) is 6.42 Å². The van der Waals surface area contributed by atoms with Crippen molar-refractivity contribution in [3.05, 3.63) is 45.9 Å². The highest BCUT2D eigenvalue weighted by molar-refractivity contribution is 6.42. The molecule has 1 unspecified atom stereocenters. The van der Waals surface area contributed by atoms with E-state index in [0.29, 0.717) is 45.3 Å². The van der Waals surface area contributed by atoms with Gasteiger partial charge in [0.15, 0.2) is 11.5 Å². The summed E-state index contributed by atoms with van der Waals surface area (Å²) in [5, 5.41) is 4.44. The van der Waals surface area contributed by atoms with E-state index in [2.05, 4.69) is 5.32 Å². The van der Waals surface area contributed by atoms with Gasteiger partial charge < -0.3 is 25.3 Å². The molecule has 1 heterocycles. The van der Waals surface area contributed by atoms with Gasteiger partial charge in [0.1, 0.15) is 0 Å². The predicted molar refractivity (Wildman–Crippen MR) is 137 cm³/mol. The van der Waals surface area contributed by atoms with E-state index in [9.17, 15) is 4.79 Å². The van der Waals surface area contributed by atoms with Gasteiger partial charge in [-0.2, -0.15) is 0 Å². The van der Waals surface area contributed by atoms with Gasteiger partial charge in [0.25, 0.3) is 0 Å². The Morgan fingerprint density at radius 2 is 1.71 bits per heavy atom. The Bertz CT molecular complexity index is 958. The van der Waals surface area contributed by atoms with E-state index in [1.165, 1.54) is 0 Å². The molecule has 9 heteroatoms. The van der Waals surface area contributed by atoms with Crippen LogP contribution in [0.2, 0.25) is 10.0 Å². The maximum atomic E-state index is 12.8. The van der Waals surface area contributed by atoms with Gasteiger partial charge in [0, 0.05) is 18.2 Å². The molecule has 34 heavy (non-hydrogen) atoms. The fraction of sp³-hybridized carbons (Fsp3) is 0.480. The van der Waals surface area contributed by atoms with Gasteiger partial charge in [0.2, 0.25) is 5.75 Å². The molecule has 3 rings (SSSR count). The van der Waals surface area contributed by atoms with E-state index in [0.717, 1.165) is 44.3 Å². The summed E-state index contributed by atoms with van der Waals surface area (Å²) in [5.41, 5.74) is 7.63. The quantitative estimate of drug-likeness (QED) is 0.454. The van der Waals surface area contributed by atoms with Crippen molar-refractivity contribution < 1.29 is 19.0 Å². The van der Waals surface area contributed by atoms with Crippen LogP contribution in [0.15, 0.2) is 30.3 Å². The summed E-state index contributed by atoms with van der Waals surface area (Å²) in [6.07, 6.45) is 4.39. The van der Waals surface area contributed by atoms with E-state index >= 15 is 0 Å². The first-order valence-electron chi connectivity index (χ1n) is 11.4. The molecule has 0 saturated carbocycles. The van der Waals surface area contributed by atoms with Gasteiger partial charge in [-0.05, 0) is 68.8 Å². The third-order valence-corrected chi connectivity index (χ3v) is 7.08. The summed E-state index contributed by atoms with van der Waals surface area (Å²) in [4.78, 5) is 14.5. The SMILES string of the molecule is COc1cc(N(C(N)=O)C(CCc2ccc(Cl)c(Cl)c2)CC2CCNCC2)cc(OC)c1OC. The van der Waals surface area contributed by atoms with Gasteiger partial charge in [-0.3, -0.25) is 4.90 Å². The number of hydrogen-bond donors (Lipinski definition) is 2. The number of halogens is 2. The van der Waals surface area contributed by atoms with E-state index in [4.69, 9.17) is 43.1 Å². The molecule has 2 aromatic carbocycles. The normalized spacial score (nSPS) is 15.0. The topological polar surface area (TPSA) is 86.1 Å². The van der Waals surface area contributed by atoms with Crippen LogP contribution >= 0.6 is 23.2 Å². The summed E-state index contributed by atoms with van der Waals surface area (Å²) in [6, 6.07) is 8.51. The number of aryl methyl sites for hydroxylation is 1. The number of nitrogens with zero attached hydrogens (tertiary/aromatic N) is 1. The van der Waals surface area contributed by atoms with E-state index in [1.807, 2.05) is 12.1 Å². The minimum absolute atomic E-state index is 0.127. The minimum atomic E-state index is -0.526. The van der Waals surface area contributed by atoms with E-state index in [1.54, 1.807) is 44.4 Å². The number of methoxy groups -OCH3 is 3. The molecule has 7 nitrogen and oxygen atoms in total. The number of carbonyl (C=O) groups is 1. The maximum Gasteiger partial charge on any atom is 0.319 e. The highest BCUT2D eigenvalue weighted by atomic mass is 35.5. The minimum Gasteiger partial charge on any atom is -0.493 e. The van der Waals surface area contributed by atoms with E-state index in [-0.39, 0.29) is 6.04 Å². The van der Waals surface area contributed by atoms with Crippen molar-refractivity contribution in [3.8, 4) is 17.2 Å². The zero-order valence-corrected chi connectivity index (χ0v) is 21.4. The number of primary amides is 1. The number of ether oxygens (including phenoxy) is 3. The smallest absolute Gasteiger partial charge is 0.319 e. The van der Waals surface area contributed by atoms with Crippen LogP contribution < -0.4 is 30.2 Å². The lowest BCUT2D eigenvalue weighted by Crippen LogP contribution is -2.46. The second-order valence-corrected chi connectivity index (χ2v) is 9.28. The Morgan fingerprint density at radius 1 is 1.06 bits per heavy atom. The van der Waals surface area contributed by atoms with Crippen molar-refractivity contribution in [1.29, 1.82) is 0 Å². The van der Waals surface area contributed by atoms with Crippen molar-refractivity contribution in [2.45, 2.75) is 38.1 Å². The number of rotatable bonds is 10. The number of anilines is 1. The third-order valence-electron chi connectivity index (χ3n) is 6.34. The molecule has 1 aliphatic heterocycles. The van der Waals surface area contributed by atoms with Crippen molar-refractivity contribution in [2.75, 3.05) is 39.3 Å². The van der Waals surface area contributed by atoms with Gasteiger partial charge in [-0.1, -0.05) is 29.3 Å². The summed E-state index contributed by atoms with van der Waals surface area (Å²) < 4.78 is 16.5. The summed E-state index contributed by atoms with van der Waals surface area (Å²) in [6.45, 7) is 1.95. The second kappa shape index (κ2) is 12.4. The molecule has 1 fully saturated rings. The number of hydrogen-bond acceptors (Lipinski definition) is 5. The van der Waals surface area contributed by atoms with Crippen LogP contribution in [0.25, 0.3) is 0 Å². The third kappa shape index (κ3) is 6.40. The largest absolute Gasteiger partial charge is 0.493 e. The molecule has 2 amide bonds. The Balaban J connectivity index is 1.96. The van der Waals surface area contributed by atoms with E-state index < -0.39 is 6.03 Å². The fourth-order valence-corrected chi connectivity index (χ4v) is 4.93. The molecule has 186 valence electrons. The van der Waals surface area contributed by atoms with Gasteiger partial charge in [0.05, 0.1) is 37.1 Å². The monoisotopic (exact) mass is 509 g/mol. The lowest BCUT2D eigenvalue weighted by atomic mass is 9.88. The molecule has 3 N–H and O–H groups in total. The Kier molecular flexibility index (Phi) is 9.56. The number of urea groups is 1. The molecule has 2 aromatic rings. The molecule has 0 radical (unpaired) electrons. The zero-order chi connectivity index (χ0) is 24.7. The number of carbonyl (C=O) groups excluding carboxylic acids is 1. The molecule has 1 atom stereocenters. The first-order chi connectivity index (χ1) is 16.4. The number of nitrogens with one attached hydrogen (secondary N) is 1. The summed E-state index contributed by atoms with van der Waals surface area (Å²) in [7, 11) is 4.64. The Labute approximate surface area is 211 Å². The van der Waals surface area contributed by atoms with Gasteiger partial charge in [-0.15, -0.1) is 0 Å². The van der Waals surface area contributed by atoms with Crippen LogP contribution in [0.4, 0.5) is 10.5 Å². The maximum absolute atomic E-state index is 12.8. The van der Waals surface area contributed by atoms with Crippen LogP contribution in [0.3, 0.4) is 0 Å². The predicted octanol–water partition coefficient (Wildman–Crippen LogP) is 5.30. The number of amides is 2. The average Bonchev–Trinajstić information content (AvgIpc) is 2.84. The van der Waals surface area contributed by atoms with Crippen molar-refractivity contribution in [3.63, 3.8) is 0 Å². The van der Waals surface area contributed by atoms with Crippen molar-refractivity contribution in [1.82, 2.24) is 5.32 Å². The zero-order valence-electron chi connectivity index (χ0n) is 19.9. The lowest BCUT2D eigenvalue weighted by molar-refractivity contribution is 0.247. The highest BCUT2D eigenvalue weighted by Gasteiger charge is 2.29. The van der Waals surface area contributed by atoms with Crippen LogP contribution in [0.1, 0.15) is 31.2 Å². The first kappa shape index (κ1) is 26.3. The Morgan fingerprint density at radius 3 is 2.24 bits per heavy atom. The standard InChI is InChI=1S/C25H33Cl2N3O4/c1-32-22-14-19(15-23(33-2)24(22)34-3)30(25(28)31)18(12-17-8-10-29-11-9-17)6-4-16-5-7-20(26)21(27)13-16/h5,7,13-15,17-18,29H,4,6,8-12H2,1-3H3,(H2,28,31). The van der Waals surface area contributed by atoms with Crippen LogP contribution in [0, 0.1) is 5.92 Å². The average molecular weight is 510 g/mol. The highest BCUT2D eigenvalue weighted by Crippen LogP contribution is 2.42. The lowest BCUT2D eigenvalue weighted by Gasteiger charge is -2.35. The second-order valence-electron chi connectivity index (χ2n) is 8.46. The number of nitrogens with two attached hydrogens (primary N) is 1. The molecule has 0 spiro atoms. The molecule has 0 aromatic heterocycles. The molecule has 0 bridgehead atoms. The van der Waals surface area contributed by atoms with Crippen molar-refractivity contribution >= 4 is 34.9 Å². The van der Waals surface area contributed by atoms with Crippen LogP contribution in [-0.4, -0.2) is 46.5 Å². The molecule has 1 aliphatic rings. The van der Waals surface area contributed by atoms with Gasteiger partial charge in [-0.25, -0.2) is 4.79 Å². The van der Waals surface area contributed by atoms with Gasteiger partial charge >= 0.3 is 6.03 Å². The summed E-state index contributed by atoms with van der Waals surface area (Å²) >= 11 is 12.3. The first-order valence-corrected chi connectivity index (χ1v) is 12.2. The Hall–Kier alpha value is -2.35.